The van der Waals surface area contributed by atoms with Gasteiger partial charge in [-0.1, -0.05) is 32.0 Å². The van der Waals surface area contributed by atoms with Crippen molar-refractivity contribution in [3.63, 3.8) is 0 Å². The normalized spacial score (nSPS) is 20.7. The summed E-state index contributed by atoms with van der Waals surface area (Å²) in [4.78, 5) is 58.9. The number of hydroxylamine groups is 1. The molecule has 258 valence electrons. The third kappa shape index (κ3) is 9.71. The van der Waals surface area contributed by atoms with Gasteiger partial charge in [-0.05, 0) is 56.4 Å². The quantitative estimate of drug-likeness (QED) is 0.177. The minimum atomic E-state index is -4.08. The van der Waals surface area contributed by atoms with Gasteiger partial charge in [-0.3, -0.25) is 14.2 Å². The summed E-state index contributed by atoms with van der Waals surface area (Å²) in [5.74, 6) is -6.90. The number of carboxylic acid groups (broad SMARTS) is 1. The van der Waals surface area contributed by atoms with Crippen molar-refractivity contribution in [1.82, 2.24) is 19.7 Å². The molecule has 47 heavy (non-hydrogen) atoms. The Balaban J connectivity index is 1.71. The Kier molecular flexibility index (Phi) is 12.1. The molecule has 1 saturated heterocycles. The molecule has 0 radical (unpaired) electrons. The number of aromatic nitrogens is 2. The van der Waals surface area contributed by atoms with Crippen LogP contribution in [0, 0.1) is 5.92 Å². The Labute approximate surface area is 268 Å². The summed E-state index contributed by atoms with van der Waals surface area (Å²) in [5.41, 5.74) is -2.11. The molecular formula is C28H37F2N5O11P+. The lowest BCUT2D eigenvalue weighted by atomic mass is 10.0. The first-order valence-corrected chi connectivity index (χ1v) is 15.4. The number of rotatable bonds is 13. The highest BCUT2D eigenvalue weighted by atomic mass is 31.1. The summed E-state index contributed by atoms with van der Waals surface area (Å²) in [7, 11) is -3.13. The Hall–Kier alpha value is -4.09. The van der Waals surface area contributed by atoms with E-state index in [1.807, 2.05) is 0 Å². The van der Waals surface area contributed by atoms with Gasteiger partial charge in [0.05, 0.1) is 0 Å². The van der Waals surface area contributed by atoms with Crippen molar-refractivity contribution in [2.45, 2.75) is 83.6 Å². The van der Waals surface area contributed by atoms with Crippen LogP contribution in [0.2, 0.25) is 0 Å². The van der Waals surface area contributed by atoms with Crippen LogP contribution in [0.1, 0.15) is 47.8 Å². The van der Waals surface area contributed by atoms with E-state index in [9.17, 15) is 34.0 Å². The lowest BCUT2D eigenvalue weighted by Crippen LogP contribution is -2.48. The number of amides is 2. The molecule has 0 spiro atoms. The third-order valence-corrected chi connectivity index (χ3v) is 7.60. The fourth-order valence-corrected chi connectivity index (χ4v) is 5.00. The molecule has 6 atom stereocenters. The fraction of sp³-hybridized carbons (Fsp3) is 0.536. The molecule has 3 rings (SSSR count). The lowest BCUT2D eigenvalue weighted by molar-refractivity contribution is -0.148. The van der Waals surface area contributed by atoms with Crippen molar-refractivity contribution >= 4 is 32.0 Å². The Morgan fingerprint density at radius 2 is 1.81 bits per heavy atom. The first kappa shape index (κ1) is 37.4. The standard InChI is InChI=1S/C28H36F2N5O11P/c1-15(2)20(33-26(41)45-27(4,5)6)22(37)31-19-12-13-34(25(40)32-19)24-28(29,30)21(36)18(44-24)14-43-47(42)35(16(3)23(38)39)46-17-10-8-7-9-11-17/h7-13,15-16,18,20-21,24,36H,14H2,1-6H3,(H2-,31,32,33,37,38,39,40,41)/p+1/t16?,18-,20?,21-,24-/m1/s1. The summed E-state index contributed by atoms with van der Waals surface area (Å²) >= 11 is 0. The second kappa shape index (κ2) is 15.2. The summed E-state index contributed by atoms with van der Waals surface area (Å²) in [6.07, 6.45) is -6.77. The Morgan fingerprint density at radius 1 is 1.17 bits per heavy atom. The number of halogens is 2. The predicted octanol–water partition coefficient (Wildman–Crippen LogP) is 3.07. The molecule has 2 amide bonds. The maximum absolute atomic E-state index is 15.1. The van der Waals surface area contributed by atoms with Crippen LogP contribution in [0.15, 0.2) is 47.4 Å². The van der Waals surface area contributed by atoms with Gasteiger partial charge < -0.3 is 35.2 Å². The van der Waals surface area contributed by atoms with Crippen molar-refractivity contribution in [1.29, 1.82) is 0 Å². The van der Waals surface area contributed by atoms with Gasteiger partial charge in [-0.15, -0.1) is 4.52 Å². The third-order valence-electron chi connectivity index (χ3n) is 6.48. The van der Waals surface area contributed by atoms with Gasteiger partial charge in [0.15, 0.2) is 17.9 Å². The number of nitrogens with zero attached hydrogens (tertiary/aromatic N) is 3. The number of aliphatic hydroxyl groups is 1. The second-order valence-corrected chi connectivity index (χ2v) is 12.9. The highest BCUT2D eigenvalue weighted by Gasteiger charge is 2.60. The van der Waals surface area contributed by atoms with E-state index >= 15 is 8.78 Å². The van der Waals surface area contributed by atoms with E-state index < -0.39 is 86.4 Å². The van der Waals surface area contributed by atoms with Crippen LogP contribution in [0.5, 0.6) is 5.75 Å². The Bertz CT molecular complexity index is 1510. The number of carbonyl (C=O) groups is 3. The highest BCUT2D eigenvalue weighted by Crippen LogP contribution is 2.43. The van der Waals surface area contributed by atoms with Gasteiger partial charge in [-0.25, -0.2) is 9.59 Å². The molecule has 1 aromatic heterocycles. The summed E-state index contributed by atoms with van der Waals surface area (Å²) in [6.45, 7) is 8.45. The largest absolute Gasteiger partial charge is 0.653 e. The average molecular weight is 689 g/mol. The van der Waals surface area contributed by atoms with Gasteiger partial charge in [0, 0.05) is 6.20 Å². The number of anilines is 1. The van der Waals surface area contributed by atoms with Gasteiger partial charge >= 0.3 is 31.9 Å². The number of ether oxygens (including phenoxy) is 2. The maximum Gasteiger partial charge on any atom is 0.653 e. The first-order valence-electron chi connectivity index (χ1n) is 14.3. The number of aliphatic carboxylic acids is 1. The monoisotopic (exact) mass is 688 g/mol. The van der Waals surface area contributed by atoms with Crippen molar-refractivity contribution in [3.05, 3.63) is 53.1 Å². The van der Waals surface area contributed by atoms with Crippen LogP contribution in [-0.4, -0.2) is 85.0 Å². The van der Waals surface area contributed by atoms with Gasteiger partial charge in [0.1, 0.15) is 35.0 Å². The summed E-state index contributed by atoms with van der Waals surface area (Å²) in [5, 5.41) is 24.5. The maximum atomic E-state index is 15.1. The smallest absolute Gasteiger partial charge is 0.480 e. The number of carboxylic acids is 1. The van der Waals surface area contributed by atoms with Crippen molar-refractivity contribution < 1.29 is 56.8 Å². The molecule has 3 unspecified atom stereocenters. The van der Waals surface area contributed by atoms with Crippen LogP contribution < -0.4 is 21.2 Å². The molecule has 0 aliphatic carbocycles. The lowest BCUT2D eigenvalue weighted by Gasteiger charge is -2.25. The molecule has 0 saturated carbocycles. The van der Waals surface area contributed by atoms with E-state index in [0.29, 0.717) is 9.40 Å². The van der Waals surface area contributed by atoms with Crippen molar-refractivity contribution in [2.24, 2.45) is 5.92 Å². The van der Waals surface area contributed by atoms with E-state index in [2.05, 4.69) is 15.6 Å². The molecule has 0 bridgehead atoms. The van der Waals surface area contributed by atoms with Crippen LogP contribution in [-0.2, 0) is 28.2 Å². The molecule has 1 aliphatic rings. The van der Waals surface area contributed by atoms with Crippen LogP contribution in [0.4, 0.5) is 19.4 Å². The molecule has 2 aromatic rings. The van der Waals surface area contributed by atoms with Gasteiger partial charge in [0.2, 0.25) is 12.1 Å². The van der Waals surface area contributed by atoms with Crippen LogP contribution in [0.25, 0.3) is 0 Å². The molecule has 16 nitrogen and oxygen atoms in total. The zero-order valence-electron chi connectivity index (χ0n) is 26.3. The number of nitrogens with one attached hydrogen (secondary N) is 2. The van der Waals surface area contributed by atoms with E-state index in [1.165, 1.54) is 12.1 Å². The molecule has 1 fully saturated rings. The van der Waals surface area contributed by atoms with Crippen LogP contribution in [0.3, 0.4) is 0 Å². The van der Waals surface area contributed by atoms with E-state index in [0.717, 1.165) is 19.2 Å². The van der Waals surface area contributed by atoms with Crippen molar-refractivity contribution in [2.75, 3.05) is 11.9 Å². The number of benzene rings is 1. The average Bonchev–Trinajstić information content (AvgIpc) is 3.19. The van der Waals surface area contributed by atoms with E-state index in [-0.39, 0.29) is 11.6 Å². The fourth-order valence-electron chi connectivity index (χ4n) is 4.07. The number of alkyl halides is 2. The van der Waals surface area contributed by atoms with Gasteiger partial charge in [0.25, 0.3) is 0 Å². The van der Waals surface area contributed by atoms with Gasteiger partial charge in [-0.2, -0.15) is 13.8 Å². The zero-order chi connectivity index (χ0) is 35.3. The number of aliphatic hydroxyl groups excluding tert-OH is 1. The van der Waals surface area contributed by atoms with Crippen molar-refractivity contribution in [3.8, 4) is 5.75 Å². The highest BCUT2D eigenvalue weighted by molar-refractivity contribution is 7.36. The molecule has 19 heteroatoms. The predicted molar refractivity (Wildman–Crippen MR) is 160 cm³/mol. The molecular weight excluding hydrogens is 651 g/mol. The number of alkyl carbamates (subject to hydrolysis) is 1. The minimum absolute atomic E-state index is 0.113. The molecule has 4 N–H and O–H groups in total. The summed E-state index contributed by atoms with van der Waals surface area (Å²) in [6, 6.07) is 6.12. The van der Waals surface area contributed by atoms with Crippen LogP contribution >= 0.6 is 8.18 Å². The number of hydrogen-bond donors (Lipinski definition) is 4. The minimum Gasteiger partial charge on any atom is -0.480 e. The second-order valence-electron chi connectivity index (χ2n) is 11.8. The van der Waals surface area contributed by atoms with E-state index in [4.69, 9.17) is 18.8 Å². The zero-order valence-corrected chi connectivity index (χ0v) is 27.2. The number of carbonyl (C=O) groups excluding carboxylic acids is 2. The number of para-hydroxylation sites is 1. The van der Waals surface area contributed by atoms with E-state index in [1.54, 1.807) is 52.8 Å². The molecule has 2 heterocycles. The summed E-state index contributed by atoms with van der Waals surface area (Å²) < 4.78 is 59.0. The SMILES string of the molecule is CC(C)C(NC(=O)OC(C)(C)C)C(=O)Nc1ccn([C@@H]2O[C@H](CO[P+](=O)N(Oc3ccccc3)C(C)C(=O)O)[C@@H](O)C2(F)F)c(=O)n1. The topological polar surface area (TPSA) is 208 Å². The first-order chi connectivity index (χ1) is 21.8. The molecule has 1 aromatic carbocycles. The number of hydrogen-bond acceptors (Lipinski definition) is 11. The Morgan fingerprint density at radius 3 is 2.36 bits per heavy atom. The molecule has 1 aliphatic heterocycles.